The first-order valence-corrected chi connectivity index (χ1v) is 7.82. The summed E-state index contributed by atoms with van der Waals surface area (Å²) >= 11 is 0. The van der Waals surface area contributed by atoms with Crippen LogP contribution < -0.4 is 15.8 Å². The summed E-state index contributed by atoms with van der Waals surface area (Å²) in [5.74, 6) is 1.73. The first-order chi connectivity index (χ1) is 11.0. The molecular formula is C18H24N2O3. The van der Waals surface area contributed by atoms with Crippen molar-refractivity contribution in [3.8, 4) is 5.75 Å². The Bertz CT molecular complexity index is 662. The zero-order valence-electron chi connectivity index (χ0n) is 13.9. The molecule has 3 N–H and O–H groups in total. The zero-order valence-corrected chi connectivity index (χ0v) is 13.9. The third-order valence-corrected chi connectivity index (χ3v) is 3.52. The van der Waals surface area contributed by atoms with Crippen LogP contribution in [0.3, 0.4) is 0 Å². The van der Waals surface area contributed by atoms with Gasteiger partial charge in [-0.1, -0.05) is 19.9 Å². The van der Waals surface area contributed by atoms with Crippen molar-refractivity contribution in [2.45, 2.75) is 33.7 Å². The van der Waals surface area contributed by atoms with E-state index in [1.54, 1.807) is 6.07 Å². The molecule has 0 aliphatic heterocycles. The van der Waals surface area contributed by atoms with Crippen LogP contribution in [0.4, 0.5) is 5.69 Å². The highest BCUT2D eigenvalue weighted by molar-refractivity contribution is 6.04. The zero-order chi connectivity index (χ0) is 16.8. The van der Waals surface area contributed by atoms with Crippen molar-refractivity contribution in [1.29, 1.82) is 0 Å². The van der Waals surface area contributed by atoms with Crippen LogP contribution >= 0.6 is 0 Å². The Kier molecular flexibility index (Phi) is 5.82. The lowest BCUT2D eigenvalue weighted by Gasteiger charge is -2.12. The summed E-state index contributed by atoms with van der Waals surface area (Å²) in [6.07, 6.45) is 2.40. The van der Waals surface area contributed by atoms with Crippen LogP contribution in [-0.4, -0.2) is 12.5 Å². The molecule has 0 radical (unpaired) electrons. The van der Waals surface area contributed by atoms with Gasteiger partial charge in [0.05, 0.1) is 18.7 Å². The van der Waals surface area contributed by atoms with Gasteiger partial charge in [0.1, 0.15) is 17.8 Å². The van der Waals surface area contributed by atoms with Crippen molar-refractivity contribution >= 4 is 11.6 Å². The predicted octanol–water partition coefficient (Wildman–Crippen LogP) is 3.72. The number of rotatable bonds is 7. The van der Waals surface area contributed by atoms with E-state index in [9.17, 15) is 4.79 Å². The maximum absolute atomic E-state index is 12.2. The minimum absolute atomic E-state index is 0.231. The molecule has 2 rings (SSSR count). The van der Waals surface area contributed by atoms with Crippen molar-refractivity contribution in [1.82, 2.24) is 0 Å². The molecule has 124 valence electrons. The Morgan fingerprint density at radius 2 is 2.13 bits per heavy atom. The van der Waals surface area contributed by atoms with Gasteiger partial charge in [-0.2, -0.15) is 0 Å². The van der Waals surface area contributed by atoms with Crippen molar-refractivity contribution < 1.29 is 13.9 Å². The molecule has 1 heterocycles. The molecule has 0 saturated carbocycles. The molecule has 0 bridgehead atoms. The number of ether oxygens (including phenoxy) is 1. The van der Waals surface area contributed by atoms with E-state index in [-0.39, 0.29) is 12.5 Å². The normalized spacial score (nSPS) is 10.8. The van der Waals surface area contributed by atoms with E-state index in [4.69, 9.17) is 14.9 Å². The van der Waals surface area contributed by atoms with Crippen LogP contribution in [0.5, 0.6) is 5.75 Å². The summed E-state index contributed by atoms with van der Waals surface area (Å²) in [6.45, 7) is 7.24. The molecule has 1 aromatic carbocycles. The van der Waals surface area contributed by atoms with Gasteiger partial charge in [0.2, 0.25) is 0 Å². The monoisotopic (exact) mass is 316 g/mol. The Balaban J connectivity index is 2.03. The van der Waals surface area contributed by atoms with Gasteiger partial charge in [0.25, 0.3) is 5.91 Å². The second-order valence-electron chi connectivity index (χ2n) is 5.97. The number of hydrogen-bond acceptors (Lipinski definition) is 4. The number of carbonyl (C=O) groups is 1. The average Bonchev–Trinajstić information content (AvgIpc) is 2.99. The molecule has 0 aliphatic rings. The molecule has 0 atom stereocenters. The standard InChI is InChI=1S/C18H24N2O3/c1-12(2)6-7-22-17-9-15(5-4-13(17)3)20-18(21)14-8-16(10-19)23-11-14/h4-5,8-9,11-12H,6-7,10,19H2,1-3H3,(H,20,21). The maximum atomic E-state index is 12.2. The molecule has 1 aromatic heterocycles. The summed E-state index contributed by atoms with van der Waals surface area (Å²) in [5.41, 5.74) is 7.66. The maximum Gasteiger partial charge on any atom is 0.258 e. The fraction of sp³-hybridized carbons (Fsp3) is 0.389. The van der Waals surface area contributed by atoms with Crippen molar-refractivity contribution in [2.75, 3.05) is 11.9 Å². The molecule has 0 aliphatic carbocycles. The fourth-order valence-electron chi connectivity index (χ4n) is 2.05. The molecule has 0 spiro atoms. The van der Waals surface area contributed by atoms with Gasteiger partial charge in [-0.05, 0) is 37.0 Å². The first kappa shape index (κ1) is 17.1. The number of furan rings is 1. The van der Waals surface area contributed by atoms with E-state index in [0.717, 1.165) is 17.7 Å². The van der Waals surface area contributed by atoms with E-state index >= 15 is 0 Å². The van der Waals surface area contributed by atoms with Gasteiger partial charge in [0.15, 0.2) is 0 Å². The van der Waals surface area contributed by atoms with E-state index in [1.807, 2.05) is 25.1 Å². The first-order valence-electron chi connectivity index (χ1n) is 7.82. The number of aryl methyl sites for hydroxylation is 1. The minimum atomic E-state index is -0.231. The highest BCUT2D eigenvalue weighted by Gasteiger charge is 2.11. The van der Waals surface area contributed by atoms with Gasteiger partial charge >= 0.3 is 0 Å². The lowest BCUT2D eigenvalue weighted by Crippen LogP contribution is -2.11. The Morgan fingerprint density at radius 3 is 2.78 bits per heavy atom. The second-order valence-corrected chi connectivity index (χ2v) is 5.97. The highest BCUT2D eigenvalue weighted by atomic mass is 16.5. The van der Waals surface area contributed by atoms with Crippen LogP contribution in [0.1, 0.15) is 41.9 Å². The quantitative estimate of drug-likeness (QED) is 0.816. The van der Waals surface area contributed by atoms with Gasteiger partial charge in [0, 0.05) is 11.8 Å². The summed E-state index contributed by atoms with van der Waals surface area (Å²) in [5, 5.41) is 2.84. The second kappa shape index (κ2) is 7.83. The van der Waals surface area contributed by atoms with Crippen LogP contribution in [-0.2, 0) is 6.54 Å². The highest BCUT2D eigenvalue weighted by Crippen LogP contribution is 2.24. The lowest BCUT2D eigenvalue weighted by molar-refractivity contribution is 0.102. The fourth-order valence-corrected chi connectivity index (χ4v) is 2.05. The van der Waals surface area contributed by atoms with Gasteiger partial charge < -0.3 is 20.2 Å². The van der Waals surface area contributed by atoms with Crippen molar-refractivity contribution in [2.24, 2.45) is 11.7 Å². The largest absolute Gasteiger partial charge is 0.493 e. The van der Waals surface area contributed by atoms with Crippen LogP contribution in [0.15, 0.2) is 34.9 Å². The van der Waals surface area contributed by atoms with Crippen LogP contribution in [0.2, 0.25) is 0 Å². The van der Waals surface area contributed by atoms with E-state index in [2.05, 4.69) is 19.2 Å². The Hall–Kier alpha value is -2.27. The molecular weight excluding hydrogens is 292 g/mol. The van der Waals surface area contributed by atoms with Gasteiger partial charge in [-0.15, -0.1) is 0 Å². The molecule has 1 amide bonds. The molecule has 5 heteroatoms. The summed E-state index contributed by atoms with van der Waals surface area (Å²) in [4.78, 5) is 12.2. The molecule has 5 nitrogen and oxygen atoms in total. The van der Waals surface area contributed by atoms with Gasteiger partial charge in [-0.3, -0.25) is 4.79 Å². The van der Waals surface area contributed by atoms with E-state index < -0.39 is 0 Å². The molecule has 2 aromatic rings. The number of hydrogen-bond donors (Lipinski definition) is 2. The van der Waals surface area contributed by atoms with Crippen LogP contribution in [0, 0.1) is 12.8 Å². The molecule has 0 fully saturated rings. The van der Waals surface area contributed by atoms with Crippen LogP contribution in [0.25, 0.3) is 0 Å². The smallest absolute Gasteiger partial charge is 0.258 e. The number of nitrogens with two attached hydrogens (primary N) is 1. The summed E-state index contributed by atoms with van der Waals surface area (Å²) in [7, 11) is 0. The van der Waals surface area contributed by atoms with E-state index in [1.165, 1.54) is 6.26 Å². The number of nitrogens with one attached hydrogen (secondary N) is 1. The third kappa shape index (κ3) is 4.86. The minimum Gasteiger partial charge on any atom is -0.493 e. The van der Waals surface area contributed by atoms with Crippen molar-refractivity contribution in [3.05, 3.63) is 47.4 Å². The van der Waals surface area contributed by atoms with Crippen molar-refractivity contribution in [3.63, 3.8) is 0 Å². The topological polar surface area (TPSA) is 77.5 Å². The summed E-state index contributed by atoms with van der Waals surface area (Å²) in [6, 6.07) is 7.27. The predicted molar refractivity (Wildman–Crippen MR) is 90.7 cm³/mol. The number of carbonyl (C=O) groups excluding carboxylic acids is 1. The SMILES string of the molecule is Cc1ccc(NC(=O)c2coc(CN)c2)cc1OCCC(C)C. The number of benzene rings is 1. The lowest BCUT2D eigenvalue weighted by atomic mass is 10.1. The Morgan fingerprint density at radius 1 is 1.35 bits per heavy atom. The molecule has 0 unspecified atom stereocenters. The molecule has 23 heavy (non-hydrogen) atoms. The number of amides is 1. The summed E-state index contributed by atoms with van der Waals surface area (Å²) < 4.78 is 11.0. The number of anilines is 1. The third-order valence-electron chi connectivity index (χ3n) is 3.52. The van der Waals surface area contributed by atoms with E-state index in [0.29, 0.717) is 29.5 Å². The van der Waals surface area contributed by atoms with Gasteiger partial charge in [-0.25, -0.2) is 0 Å². The average molecular weight is 316 g/mol. The Labute approximate surface area is 136 Å². The molecule has 0 saturated heterocycles.